The Labute approximate surface area is 139 Å². The molecule has 14 heteroatoms. The summed E-state index contributed by atoms with van der Waals surface area (Å²) >= 11 is 0. The van der Waals surface area contributed by atoms with Gasteiger partial charge in [0.2, 0.25) is 0 Å². The number of carbonyl (C=O) groups is 1. The smallest absolute Gasteiger partial charge is 0.462 e. The predicted molar refractivity (Wildman–Crippen MR) is 73.3 cm³/mol. The summed E-state index contributed by atoms with van der Waals surface area (Å²) in [5.74, 6) is -1.12. The van der Waals surface area contributed by atoms with E-state index in [9.17, 15) is 48.0 Å². The summed E-state index contributed by atoms with van der Waals surface area (Å²) in [4.78, 5) is 11.3. The SMILES string of the molecule is C=C(C)CC(=O)OC(C)CC(S(=O)(=O)C(F)(F)F)S(=O)(=O)C(F)(F)F. The van der Waals surface area contributed by atoms with Gasteiger partial charge in [0.1, 0.15) is 6.10 Å². The summed E-state index contributed by atoms with van der Waals surface area (Å²) in [6.07, 6.45) is -4.04. The van der Waals surface area contributed by atoms with Gasteiger partial charge in [-0.15, -0.1) is 0 Å². The quantitative estimate of drug-likeness (QED) is 0.357. The Morgan fingerprint density at radius 2 is 1.36 bits per heavy atom. The Balaban J connectivity index is 5.82. The van der Waals surface area contributed by atoms with Crippen LogP contribution in [0.1, 0.15) is 26.7 Å². The molecule has 0 N–H and O–H groups in total. The van der Waals surface area contributed by atoms with Gasteiger partial charge in [-0.25, -0.2) is 16.8 Å². The molecular formula is C11H14F6O6S2. The van der Waals surface area contributed by atoms with Gasteiger partial charge in [-0.05, 0) is 13.8 Å². The van der Waals surface area contributed by atoms with Crippen LogP contribution in [0.15, 0.2) is 12.2 Å². The highest BCUT2D eigenvalue weighted by Gasteiger charge is 2.63. The molecule has 0 aromatic carbocycles. The standard InChI is InChI=1S/C11H14F6O6S2/c1-6(2)4-8(18)23-7(3)5-9(24(19,20)10(12,13)14)25(21,22)11(15,16)17/h7,9H,1,4-5H2,2-3H3. The van der Waals surface area contributed by atoms with E-state index in [1.165, 1.54) is 6.92 Å². The molecule has 0 aromatic rings. The van der Waals surface area contributed by atoms with Gasteiger partial charge in [-0.3, -0.25) is 4.79 Å². The van der Waals surface area contributed by atoms with Gasteiger partial charge in [0.15, 0.2) is 4.58 Å². The van der Waals surface area contributed by atoms with Crippen LogP contribution in [0.25, 0.3) is 0 Å². The van der Waals surface area contributed by atoms with Crippen LogP contribution < -0.4 is 0 Å². The molecule has 0 aliphatic rings. The molecule has 25 heavy (non-hydrogen) atoms. The van der Waals surface area contributed by atoms with Crippen LogP contribution in [0, 0.1) is 0 Å². The van der Waals surface area contributed by atoms with Crippen molar-refractivity contribution in [3.05, 3.63) is 12.2 Å². The molecule has 0 rings (SSSR count). The number of alkyl halides is 6. The van der Waals surface area contributed by atoms with E-state index in [1.54, 1.807) is 0 Å². The zero-order chi connectivity index (χ0) is 20.4. The normalized spacial score (nSPS) is 15.1. The van der Waals surface area contributed by atoms with Gasteiger partial charge in [0, 0.05) is 6.42 Å². The van der Waals surface area contributed by atoms with Crippen LogP contribution >= 0.6 is 0 Å². The lowest BCUT2D eigenvalue weighted by Crippen LogP contribution is -2.46. The number of halogens is 6. The Kier molecular flexibility index (Phi) is 7.12. The van der Waals surface area contributed by atoms with Crippen molar-refractivity contribution in [1.29, 1.82) is 0 Å². The van der Waals surface area contributed by atoms with Crippen LogP contribution in [0.4, 0.5) is 26.3 Å². The van der Waals surface area contributed by atoms with Crippen molar-refractivity contribution in [2.45, 2.75) is 48.4 Å². The van der Waals surface area contributed by atoms with Crippen molar-refractivity contribution in [3.8, 4) is 0 Å². The van der Waals surface area contributed by atoms with E-state index in [1.807, 2.05) is 0 Å². The Morgan fingerprint density at radius 3 is 1.64 bits per heavy atom. The molecule has 0 saturated carbocycles. The first-order valence-electron chi connectivity index (χ1n) is 6.28. The molecular weight excluding hydrogens is 406 g/mol. The predicted octanol–water partition coefficient (Wildman–Crippen LogP) is 2.47. The molecule has 0 aromatic heterocycles. The van der Waals surface area contributed by atoms with E-state index < -0.39 is 60.2 Å². The summed E-state index contributed by atoms with van der Waals surface area (Å²) in [7, 11) is -13.5. The number of rotatable bonds is 7. The monoisotopic (exact) mass is 420 g/mol. The summed E-state index contributed by atoms with van der Waals surface area (Å²) in [6, 6.07) is 0. The summed E-state index contributed by atoms with van der Waals surface area (Å²) in [6.45, 7) is 5.45. The molecule has 0 aliphatic heterocycles. The lowest BCUT2D eigenvalue weighted by atomic mass is 10.2. The molecule has 148 valence electrons. The van der Waals surface area contributed by atoms with E-state index in [-0.39, 0.29) is 5.57 Å². The number of hydrogen-bond donors (Lipinski definition) is 0. The first-order valence-corrected chi connectivity index (χ1v) is 9.37. The number of hydrogen-bond acceptors (Lipinski definition) is 6. The van der Waals surface area contributed by atoms with Gasteiger partial charge in [-0.1, -0.05) is 12.2 Å². The maximum absolute atomic E-state index is 12.5. The van der Waals surface area contributed by atoms with E-state index in [4.69, 9.17) is 0 Å². The lowest BCUT2D eigenvalue weighted by Gasteiger charge is -2.23. The Morgan fingerprint density at radius 1 is 1.00 bits per heavy atom. The molecule has 6 nitrogen and oxygen atoms in total. The fourth-order valence-corrected chi connectivity index (χ4v) is 5.18. The lowest BCUT2D eigenvalue weighted by molar-refractivity contribution is -0.147. The molecule has 0 fully saturated rings. The minimum Gasteiger partial charge on any atom is -0.462 e. The van der Waals surface area contributed by atoms with Crippen LogP contribution in [-0.4, -0.2) is 44.5 Å². The average molecular weight is 420 g/mol. The van der Waals surface area contributed by atoms with Crippen molar-refractivity contribution in [1.82, 2.24) is 0 Å². The third-order valence-corrected chi connectivity index (χ3v) is 7.22. The molecule has 1 unspecified atom stereocenters. The zero-order valence-electron chi connectivity index (χ0n) is 12.8. The van der Waals surface area contributed by atoms with E-state index in [2.05, 4.69) is 11.3 Å². The second kappa shape index (κ2) is 7.51. The molecule has 0 heterocycles. The van der Waals surface area contributed by atoms with Crippen LogP contribution in [-0.2, 0) is 29.2 Å². The third-order valence-electron chi connectivity index (χ3n) is 2.64. The van der Waals surface area contributed by atoms with E-state index in [0.29, 0.717) is 0 Å². The summed E-state index contributed by atoms with van der Waals surface area (Å²) < 4.78 is 121. The third kappa shape index (κ3) is 5.87. The molecule has 0 radical (unpaired) electrons. The van der Waals surface area contributed by atoms with Gasteiger partial charge in [0.05, 0.1) is 6.42 Å². The van der Waals surface area contributed by atoms with Gasteiger partial charge in [-0.2, -0.15) is 26.3 Å². The molecule has 0 aliphatic carbocycles. The van der Waals surface area contributed by atoms with Crippen molar-refractivity contribution in [2.24, 2.45) is 0 Å². The molecule has 1 atom stereocenters. The van der Waals surface area contributed by atoms with Crippen molar-refractivity contribution >= 4 is 25.6 Å². The zero-order valence-corrected chi connectivity index (χ0v) is 14.4. The van der Waals surface area contributed by atoms with Gasteiger partial charge in [0.25, 0.3) is 19.7 Å². The highest BCUT2D eigenvalue weighted by Crippen LogP contribution is 2.38. The highest BCUT2D eigenvalue weighted by atomic mass is 32.3. The fourth-order valence-electron chi connectivity index (χ4n) is 1.55. The number of ether oxygens (including phenoxy) is 1. The van der Waals surface area contributed by atoms with Crippen LogP contribution in [0.3, 0.4) is 0 Å². The summed E-state index contributed by atoms with van der Waals surface area (Å²) in [5, 5.41) is 0. The van der Waals surface area contributed by atoms with Crippen LogP contribution in [0.2, 0.25) is 0 Å². The van der Waals surface area contributed by atoms with E-state index in [0.717, 1.165) is 6.92 Å². The van der Waals surface area contributed by atoms with Crippen molar-refractivity contribution in [3.63, 3.8) is 0 Å². The van der Waals surface area contributed by atoms with Crippen LogP contribution in [0.5, 0.6) is 0 Å². The summed E-state index contributed by atoms with van der Waals surface area (Å²) in [5.41, 5.74) is -12.3. The second-order valence-corrected chi connectivity index (χ2v) is 9.62. The van der Waals surface area contributed by atoms with Crippen molar-refractivity contribution in [2.75, 3.05) is 0 Å². The first kappa shape index (κ1) is 23.7. The number of esters is 1. The minimum absolute atomic E-state index is 0.250. The highest BCUT2D eigenvalue weighted by molar-refractivity contribution is 8.09. The Bertz CT molecular complexity index is 675. The average Bonchev–Trinajstić information content (AvgIpc) is 2.31. The number of sulfone groups is 2. The largest absolute Gasteiger partial charge is 0.498 e. The molecule has 0 spiro atoms. The maximum Gasteiger partial charge on any atom is 0.498 e. The molecule has 0 bridgehead atoms. The van der Waals surface area contributed by atoms with Gasteiger partial charge >= 0.3 is 17.0 Å². The number of carbonyl (C=O) groups excluding carboxylic acids is 1. The topological polar surface area (TPSA) is 94.6 Å². The Hall–Kier alpha value is -1.31. The van der Waals surface area contributed by atoms with E-state index >= 15 is 0 Å². The van der Waals surface area contributed by atoms with Crippen molar-refractivity contribution < 1.29 is 52.7 Å². The minimum atomic E-state index is -6.75. The molecule has 0 amide bonds. The second-order valence-electron chi connectivity index (χ2n) is 5.08. The fraction of sp³-hybridized carbons (Fsp3) is 0.727. The maximum atomic E-state index is 12.5. The molecule has 0 saturated heterocycles. The first-order chi connectivity index (χ1) is 10.8. The van der Waals surface area contributed by atoms with Gasteiger partial charge < -0.3 is 4.74 Å².